The van der Waals surface area contributed by atoms with Gasteiger partial charge in [-0.05, 0) is 50.4 Å². The molecule has 1 aliphatic carbocycles. The number of hydrogen-bond acceptors (Lipinski definition) is 4. The number of fused-ring (bicyclic) bond motifs is 6. The summed E-state index contributed by atoms with van der Waals surface area (Å²) in [6, 6.07) is 57.1. The van der Waals surface area contributed by atoms with Crippen molar-refractivity contribution in [2.24, 2.45) is 0 Å². The Kier molecular flexibility index (Phi) is 6.91. The molecule has 51 heavy (non-hydrogen) atoms. The minimum atomic E-state index is -0.230. The fourth-order valence-electron chi connectivity index (χ4n) is 7.71. The van der Waals surface area contributed by atoms with Crippen molar-refractivity contribution in [3.05, 3.63) is 193 Å². The predicted octanol–water partition coefficient (Wildman–Crippen LogP) is 11.2. The van der Waals surface area contributed by atoms with E-state index in [2.05, 4.69) is 146 Å². The van der Waals surface area contributed by atoms with Crippen molar-refractivity contribution in [3.63, 3.8) is 0 Å². The summed E-state index contributed by atoms with van der Waals surface area (Å²) in [7, 11) is 0. The fourth-order valence-corrected chi connectivity index (χ4v) is 7.71. The highest BCUT2D eigenvalue weighted by molar-refractivity contribution is 6.13. The lowest BCUT2D eigenvalue weighted by Gasteiger charge is -2.27. The highest BCUT2D eigenvalue weighted by Crippen LogP contribution is 2.51. The minimum Gasteiger partial charge on any atom is -0.484 e. The van der Waals surface area contributed by atoms with Crippen molar-refractivity contribution in [3.8, 4) is 39.7 Å². The molecule has 4 heteroatoms. The van der Waals surface area contributed by atoms with Crippen LogP contribution in [0, 0.1) is 0 Å². The maximum atomic E-state index is 6.80. The van der Waals surface area contributed by atoms with Crippen molar-refractivity contribution in [1.29, 1.82) is 0 Å². The molecule has 0 spiro atoms. The first-order valence-corrected chi connectivity index (χ1v) is 17.3. The van der Waals surface area contributed by atoms with E-state index in [0.29, 0.717) is 17.5 Å². The molecule has 0 radical (unpaired) electrons. The van der Waals surface area contributed by atoms with Crippen LogP contribution in [0.3, 0.4) is 0 Å². The molecular weight excluding hydrogens is 623 g/mol. The molecule has 2 heterocycles. The average Bonchev–Trinajstić information content (AvgIpc) is 3.61. The topological polar surface area (TPSA) is 47.9 Å². The standard InChI is InChI=1S/C47H31N3O/c1-3-13-30(14-4-1)31-23-25-32(26-24-31)36-27-28-40(43-39-21-11-12-22-42(39)51-44(36)43)46-48-45(33-15-5-2-6-16-33)49-47(50-46)41-29-34-17-7-8-18-35(34)37-19-9-10-20-38(37)41/h1-29,43-44H. The molecule has 240 valence electrons. The van der Waals surface area contributed by atoms with Crippen LogP contribution >= 0.6 is 0 Å². The van der Waals surface area contributed by atoms with Crippen molar-refractivity contribution in [2.75, 3.05) is 0 Å². The van der Waals surface area contributed by atoms with Gasteiger partial charge in [-0.25, -0.2) is 15.0 Å². The van der Waals surface area contributed by atoms with Gasteiger partial charge >= 0.3 is 0 Å². The monoisotopic (exact) mass is 653 g/mol. The van der Waals surface area contributed by atoms with Crippen LogP contribution in [0.4, 0.5) is 0 Å². The Morgan fingerprint density at radius 2 is 0.980 bits per heavy atom. The van der Waals surface area contributed by atoms with Gasteiger partial charge < -0.3 is 4.74 Å². The van der Waals surface area contributed by atoms with Gasteiger partial charge in [-0.15, -0.1) is 0 Å². The lowest BCUT2D eigenvalue weighted by molar-refractivity contribution is 0.281. The zero-order valence-electron chi connectivity index (χ0n) is 27.6. The molecule has 7 aromatic carbocycles. The largest absolute Gasteiger partial charge is 0.484 e. The molecule has 1 aromatic heterocycles. The summed E-state index contributed by atoms with van der Waals surface area (Å²) in [6.07, 6.45) is 4.16. The van der Waals surface area contributed by atoms with Crippen LogP contribution in [-0.4, -0.2) is 21.1 Å². The third kappa shape index (κ3) is 5.03. The zero-order valence-corrected chi connectivity index (χ0v) is 27.6. The number of hydrogen-bond donors (Lipinski definition) is 0. The molecule has 4 nitrogen and oxygen atoms in total. The van der Waals surface area contributed by atoms with E-state index in [1.165, 1.54) is 21.9 Å². The fraction of sp³-hybridized carbons (Fsp3) is 0.0426. The Bertz CT molecular complexity index is 2660. The van der Waals surface area contributed by atoms with Crippen LogP contribution in [0.2, 0.25) is 0 Å². The minimum absolute atomic E-state index is 0.0952. The molecule has 0 bridgehead atoms. The van der Waals surface area contributed by atoms with Gasteiger partial charge in [0.05, 0.1) is 5.92 Å². The number of benzene rings is 7. The quantitative estimate of drug-likeness (QED) is 0.173. The summed E-state index contributed by atoms with van der Waals surface area (Å²) in [5.74, 6) is 2.74. The molecule has 0 fully saturated rings. The van der Waals surface area contributed by atoms with Gasteiger partial charge in [0.1, 0.15) is 11.9 Å². The van der Waals surface area contributed by atoms with Crippen molar-refractivity contribution >= 4 is 32.7 Å². The number of para-hydroxylation sites is 1. The van der Waals surface area contributed by atoms with Crippen LogP contribution in [0.25, 0.3) is 66.6 Å². The van der Waals surface area contributed by atoms with Gasteiger partial charge in [0.15, 0.2) is 17.5 Å². The summed E-state index contributed by atoms with van der Waals surface area (Å²) in [5.41, 5.74) is 8.74. The van der Waals surface area contributed by atoms with Gasteiger partial charge in [0.2, 0.25) is 0 Å². The van der Waals surface area contributed by atoms with E-state index in [1.807, 2.05) is 30.3 Å². The molecule has 8 aromatic rings. The molecule has 2 atom stereocenters. The highest BCUT2D eigenvalue weighted by atomic mass is 16.5. The first-order valence-electron chi connectivity index (χ1n) is 17.3. The van der Waals surface area contributed by atoms with E-state index in [9.17, 15) is 0 Å². The maximum absolute atomic E-state index is 6.80. The first kappa shape index (κ1) is 29.3. The van der Waals surface area contributed by atoms with Gasteiger partial charge in [0.25, 0.3) is 0 Å². The Balaban J connectivity index is 1.17. The third-order valence-electron chi connectivity index (χ3n) is 10.2. The predicted molar refractivity (Wildman–Crippen MR) is 207 cm³/mol. The van der Waals surface area contributed by atoms with E-state index in [4.69, 9.17) is 19.7 Å². The molecule has 0 saturated heterocycles. The second-order valence-electron chi connectivity index (χ2n) is 13.1. The summed E-state index contributed by atoms with van der Waals surface area (Å²) in [5, 5.41) is 4.64. The Morgan fingerprint density at radius 1 is 0.412 bits per heavy atom. The van der Waals surface area contributed by atoms with Crippen LogP contribution in [0.5, 0.6) is 5.75 Å². The number of aromatic nitrogens is 3. The normalized spacial score (nSPS) is 16.2. The Hall–Kier alpha value is -6.65. The lowest BCUT2D eigenvalue weighted by atomic mass is 9.78. The SMILES string of the molecule is C1=C(c2ccc(-c3ccccc3)cc2)C2Oc3ccccc3C2C(c2nc(-c3ccccc3)nc(-c3cc4ccccc4c4ccccc34)n2)=C1. The average molecular weight is 654 g/mol. The van der Waals surface area contributed by atoms with Crippen molar-refractivity contribution in [1.82, 2.24) is 15.0 Å². The van der Waals surface area contributed by atoms with Gasteiger partial charge in [-0.3, -0.25) is 0 Å². The summed E-state index contributed by atoms with van der Waals surface area (Å²) in [4.78, 5) is 15.7. The number of allylic oxidation sites excluding steroid dienone is 2. The second-order valence-corrected chi connectivity index (χ2v) is 13.1. The molecule has 10 rings (SSSR count). The zero-order chi connectivity index (χ0) is 33.7. The van der Waals surface area contributed by atoms with Gasteiger partial charge in [0, 0.05) is 27.8 Å². The second kappa shape index (κ2) is 12.0. The highest BCUT2D eigenvalue weighted by Gasteiger charge is 2.42. The first-order chi connectivity index (χ1) is 25.3. The molecule has 0 N–H and O–H groups in total. The van der Waals surface area contributed by atoms with Gasteiger partial charge in [-0.1, -0.05) is 164 Å². The van der Waals surface area contributed by atoms with E-state index >= 15 is 0 Å². The molecular formula is C47H31N3O. The number of rotatable bonds is 5. The number of ether oxygens (including phenoxy) is 1. The molecule has 0 amide bonds. The third-order valence-corrected chi connectivity index (χ3v) is 10.2. The van der Waals surface area contributed by atoms with Crippen LogP contribution in [0.1, 0.15) is 22.9 Å². The number of nitrogens with zero attached hydrogens (tertiary/aromatic N) is 3. The molecule has 0 saturated carbocycles. The Labute approximate surface area is 296 Å². The molecule has 2 aliphatic rings. The Morgan fingerprint density at radius 3 is 1.78 bits per heavy atom. The summed E-state index contributed by atoms with van der Waals surface area (Å²) >= 11 is 0. The maximum Gasteiger partial charge on any atom is 0.164 e. The van der Waals surface area contributed by atoms with E-state index in [1.54, 1.807) is 0 Å². The van der Waals surface area contributed by atoms with Crippen LogP contribution in [-0.2, 0) is 0 Å². The van der Waals surface area contributed by atoms with E-state index < -0.39 is 0 Å². The smallest absolute Gasteiger partial charge is 0.164 e. The van der Waals surface area contributed by atoms with Crippen LogP contribution < -0.4 is 4.74 Å². The van der Waals surface area contributed by atoms with Gasteiger partial charge in [-0.2, -0.15) is 0 Å². The molecule has 1 aliphatic heterocycles. The van der Waals surface area contributed by atoms with Crippen LogP contribution in [0.15, 0.2) is 176 Å². The summed E-state index contributed by atoms with van der Waals surface area (Å²) in [6.45, 7) is 0. The summed E-state index contributed by atoms with van der Waals surface area (Å²) < 4.78 is 6.80. The van der Waals surface area contributed by atoms with Crippen molar-refractivity contribution < 1.29 is 4.74 Å². The van der Waals surface area contributed by atoms with E-state index in [-0.39, 0.29) is 12.0 Å². The lowest BCUT2D eigenvalue weighted by Crippen LogP contribution is -2.25. The molecule has 2 unspecified atom stereocenters. The van der Waals surface area contributed by atoms with Crippen molar-refractivity contribution in [2.45, 2.75) is 12.0 Å². The van der Waals surface area contributed by atoms with E-state index in [0.717, 1.165) is 49.9 Å².